The Hall–Kier alpha value is -2.47. The van der Waals surface area contributed by atoms with Crippen LogP contribution in [-0.4, -0.2) is 26.9 Å². The molecule has 3 aromatic rings. The molecule has 0 saturated heterocycles. The Morgan fingerprint density at radius 3 is 2.64 bits per heavy atom. The lowest BCUT2D eigenvalue weighted by atomic mass is 10.1. The molecule has 0 fully saturated rings. The Kier molecular flexibility index (Phi) is 4.02. The van der Waals surface area contributed by atoms with Gasteiger partial charge in [-0.1, -0.05) is 35.0 Å². The minimum Gasteiger partial charge on any atom is -0.366 e. The first kappa shape index (κ1) is 14.5. The Balaban J connectivity index is 1.92. The molecule has 0 radical (unpaired) electrons. The van der Waals surface area contributed by atoms with Gasteiger partial charge in [0.1, 0.15) is 6.10 Å². The molecule has 0 amide bonds. The molecule has 0 bridgehead atoms. The molecule has 0 aliphatic rings. The second-order valence-electron chi connectivity index (χ2n) is 5.14. The standard InChI is InChI=1S/C16H18N4O2/c1-4-21-14(12-7-5-10(2)6-8-12)15-17-16(22-20-15)13-9-11(3)18-19-13/h5-9,14H,4H2,1-3H3,(H,18,19). The molecular formula is C16H18N4O2. The van der Waals surface area contributed by atoms with Crippen molar-refractivity contribution in [1.29, 1.82) is 0 Å². The van der Waals surface area contributed by atoms with Crippen molar-refractivity contribution in [1.82, 2.24) is 20.3 Å². The summed E-state index contributed by atoms with van der Waals surface area (Å²) < 4.78 is 11.1. The molecule has 114 valence electrons. The van der Waals surface area contributed by atoms with Gasteiger partial charge in [-0.25, -0.2) is 0 Å². The van der Waals surface area contributed by atoms with E-state index in [2.05, 4.69) is 20.3 Å². The van der Waals surface area contributed by atoms with Gasteiger partial charge in [0.15, 0.2) is 5.69 Å². The number of hydrogen-bond donors (Lipinski definition) is 1. The van der Waals surface area contributed by atoms with Crippen LogP contribution in [0.3, 0.4) is 0 Å². The van der Waals surface area contributed by atoms with Crippen molar-refractivity contribution in [2.75, 3.05) is 6.61 Å². The number of aryl methyl sites for hydroxylation is 2. The van der Waals surface area contributed by atoms with Crippen molar-refractivity contribution in [2.45, 2.75) is 26.9 Å². The third-order valence-electron chi connectivity index (χ3n) is 3.31. The topological polar surface area (TPSA) is 76.8 Å². The molecule has 1 aromatic carbocycles. The van der Waals surface area contributed by atoms with Crippen molar-refractivity contribution in [2.24, 2.45) is 0 Å². The zero-order valence-electron chi connectivity index (χ0n) is 12.8. The molecule has 0 aliphatic carbocycles. The summed E-state index contributed by atoms with van der Waals surface area (Å²) in [6.45, 7) is 6.47. The van der Waals surface area contributed by atoms with Crippen molar-refractivity contribution in [3.05, 3.63) is 53.0 Å². The molecule has 0 spiro atoms. The van der Waals surface area contributed by atoms with Crippen LogP contribution >= 0.6 is 0 Å². The van der Waals surface area contributed by atoms with Gasteiger partial charge in [-0.15, -0.1) is 0 Å². The maximum Gasteiger partial charge on any atom is 0.278 e. The highest BCUT2D eigenvalue weighted by Crippen LogP contribution is 2.26. The summed E-state index contributed by atoms with van der Waals surface area (Å²) in [5.74, 6) is 0.887. The van der Waals surface area contributed by atoms with Gasteiger partial charge in [-0.2, -0.15) is 10.1 Å². The number of H-pyrrole nitrogens is 1. The maximum absolute atomic E-state index is 5.80. The molecule has 0 saturated carbocycles. The molecule has 0 aliphatic heterocycles. The minimum atomic E-state index is -0.344. The average molecular weight is 298 g/mol. The number of hydrogen-bond acceptors (Lipinski definition) is 5. The molecule has 2 heterocycles. The molecule has 6 heteroatoms. The van der Waals surface area contributed by atoms with Gasteiger partial charge in [0.2, 0.25) is 5.82 Å². The van der Waals surface area contributed by atoms with E-state index in [-0.39, 0.29) is 6.10 Å². The highest BCUT2D eigenvalue weighted by Gasteiger charge is 2.22. The van der Waals surface area contributed by atoms with Crippen molar-refractivity contribution >= 4 is 0 Å². The zero-order valence-corrected chi connectivity index (χ0v) is 12.8. The summed E-state index contributed by atoms with van der Waals surface area (Å²) in [4.78, 5) is 4.43. The van der Waals surface area contributed by atoms with Crippen molar-refractivity contribution < 1.29 is 9.26 Å². The fourth-order valence-electron chi connectivity index (χ4n) is 2.20. The van der Waals surface area contributed by atoms with Crippen LogP contribution in [0, 0.1) is 13.8 Å². The van der Waals surface area contributed by atoms with Crippen LogP contribution in [-0.2, 0) is 4.74 Å². The smallest absolute Gasteiger partial charge is 0.278 e. The Bertz CT molecular complexity index is 746. The lowest BCUT2D eigenvalue weighted by Crippen LogP contribution is -2.08. The molecule has 1 N–H and O–H groups in total. The van der Waals surface area contributed by atoms with Gasteiger partial charge >= 0.3 is 0 Å². The second-order valence-corrected chi connectivity index (χ2v) is 5.14. The van der Waals surface area contributed by atoms with Crippen LogP contribution in [0.15, 0.2) is 34.9 Å². The number of benzene rings is 1. The van der Waals surface area contributed by atoms with Crippen LogP contribution in [0.1, 0.15) is 35.7 Å². The van der Waals surface area contributed by atoms with E-state index >= 15 is 0 Å². The lowest BCUT2D eigenvalue weighted by Gasteiger charge is -2.13. The number of nitrogens with one attached hydrogen (secondary N) is 1. The first-order chi connectivity index (χ1) is 10.7. The largest absolute Gasteiger partial charge is 0.366 e. The number of rotatable bonds is 5. The molecular weight excluding hydrogens is 280 g/mol. The average Bonchev–Trinajstić information content (AvgIpc) is 3.15. The zero-order chi connectivity index (χ0) is 15.5. The van der Waals surface area contributed by atoms with E-state index in [1.807, 2.05) is 51.1 Å². The molecule has 1 atom stereocenters. The first-order valence-electron chi connectivity index (χ1n) is 7.21. The van der Waals surface area contributed by atoms with E-state index in [0.717, 1.165) is 11.3 Å². The Morgan fingerprint density at radius 2 is 2.00 bits per heavy atom. The normalized spacial score (nSPS) is 12.5. The molecule has 1 unspecified atom stereocenters. The van der Waals surface area contributed by atoms with Gasteiger partial charge in [0.25, 0.3) is 5.89 Å². The van der Waals surface area contributed by atoms with Crippen LogP contribution < -0.4 is 0 Å². The fourth-order valence-corrected chi connectivity index (χ4v) is 2.20. The van der Waals surface area contributed by atoms with Gasteiger partial charge < -0.3 is 9.26 Å². The highest BCUT2D eigenvalue weighted by molar-refractivity contribution is 5.46. The third kappa shape index (κ3) is 2.92. The molecule has 3 rings (SSSR count). The summed E-state index contributed by atoms with van der Waals surface area (Å²) in [6, 6.07) is 9.98. The SMILES string of the molecule is CCOC(c1ccc(C)cc1)c1noc(-c2cc(C)[nH]n2)n1. The van der Waals surface area contributed by atoms with Crippen LogP contribution in [0.2, 0.25) is 0 Å². The summed E-state index contributed by atoms with van der Waals surface area (Å²) in [5, 5.41) is 11.0. The van der Waals surface area contributed by atoms with E-state index in [0.29, 0.717) is 24.0 Å². The van der Waals surface area contributed by atoms with E-state index in [9.17, 15) is 0 Å². The highest BCUT2D eigenvalue weighted by atomic mass is 16.5. The number of nitrogens with zero attached hydrogens (tertiary/aromatic N) is 3. The van der Waals surface area contributed by atoms with Gasteiger partial charge in [0.05, 0.1) is 0 Å². The molecule has 6 nitrogen and oxygen atoms in total. The Morgan fingerprint density at radius 1 is 1.23 bits per heavy atom. The lowest BCUT2D eigenvalue weighted by molar-refractivity contribution is 0.0833. The predicted octanol–water partition coefficient (Wildman–Crippen LogP) is 3.20. The van der Waals surface area contributed by atoms with Crippen molar-refractivity contribution in [3.63, 3.8) is 0 Å². The molecule has 22 heavy (non-hydrogen) atoms. The van der Waals surface area contributed by atoms with E-state index in [1.54, 1.807) is 0 Å². The van der Waals surface area contributed by atoms with Crippen molar-refractivity contribution in [3.8, 4) is 11.6 Å². The number of ether oxygens (including phenoxy) is 1. The monoisotopic (exact) mass is 298 g/mol. The fraction of sp³-hybridized carbons (Fsp3) is 0.312. The van der Waals surface area contributed by atoms with E-state index in [1.165, 1.54) is 5.56 Å². The number of aromatic nitrogens is 4. The summed E-state index contributed by atoms with van der Waals surface area (Å²) in [5.41, 5.74) is 3.77. The van der Waals surface area contributed by atoms with Crippen LogP contribution in [0.5, 0.6) is 0 Å². The maximum atomic E-state index is 5.80. The summed E-state index contributed by atoms with van der Waals surface area (Å²) in [6.07, 6.45) is -0.344. The van der Waals surface area contributed by atoms with Crippen LogP contribution in [0.25, 0.3) is 11.6 Å². The van der Waals surface area contributed by atoms with E-state index < -0.39 is 0 Å². The van der Waals surface area contributed by atoms with Gasteiger partial charge in [0, 0.05) is 12.3 Å². The second kappa shape index (κ2) is 6.11. The summed E-state index contributed by atoms with van der Waals surface area (Å²) >= 11 is 0. The van der Waals surface area contributed by atoms with E-state index in [4.69, 9.17) is 9.26 Å². The predicted molar refractivity (Wildman–Crippen MR) is 81.3 cm³/mol. The van der Waals surface area contributed by atoms with Crippen LogP contribution in [0.4, 0.5) is 0 Å². The van der Waals surface area contributed by atoms with Gasteiger partial charge in [-0.05, 0) is 32.4 Å². The first-order valence-corrected chi connectivity index (χ1v) is 7.21. The number of aromatic amines is 1. The minimum absolute atomic E-state index is 0.344. The quantitative estimate of drug-likeness (QED) is 0.782. The Labute approximate surface area is 128 Å². The third-order valence-corrected chi connectivity index (χ3v) is 3.31. The molecule has 2 aromatic heterocycles. The summed E-state index contributed by atoms with van der Waals surface area (Å²) in [7, 11) is 0. The van der Waals surface area contributed by atoms with Gasteiger partial charge in [-0.3, -0.25) is 5.10 Å².